The van der Waals surface area contributed by atoms with Crippen LogP contribution < -0.4 is 5.32 Å². The van der Waals surface area contributed by atoms with Crippen molar-refractivity contribution in [2.75, 3.05) is 26.2 Å². The predicted molar refractivity (Wildman–Crippen MR) is 78.7 cm³/mol. The Morgan fingerprint density at radius 2 is 1.89 bits per heavy atom. The topological polar surface area (TPSA) is 32.3 Å². The molecule has 0 unspecified atom stereocenters. The van der Waals surface area contributed by atoms with Gasteiger partial charge in [-0.05, 0) is 39.3 Å². The third kappa shape index (κ3) is 10.3. The normalized spacial score (nSPS) is 11.3. The highest BCUT2D eigenvalue weighted by Gasteiger charge is 2.02. The van der Waals surface area contributed by atoms with Gasteiger partial charge in [0.2, 0.25) is 5.91 Å². The first-order valence-corrected chi connectivity index (χ1v) is 7.34. The molecule has 3 heteroatoms. The summed E-state index contributed by atoms with van der Waals surface area (Å²) >= 11 is 0. The summed E-state index contributed by atoms with van der Waals surface area (Å²) in [4.78, 5) is 13.9. The minimum absolute atomic E-state index is 0.202. The second-order valence-electron chi connectivity index (χ2n) is 4.55. The van der Waals surface area contributed by atoms with Crippen LogP contribution in [0.2, 0.25) is 0 Å². The van der Waals surface area contributed by atoms with E-state index in [-0.39, 0.29) is 5.91 Å². The molecule has 3 nitrogen and oxygen atoms in total. The molecule has 0 saturated carbocycles. The van der Waals surface area contributed by atoms with Gasteiger partial charge in [0.25, 0.3) is 0 Å². The summed E-state index contributed by atoms with van der Waals surface area (Å²) in [6.45, 7) is 10.2. The SMILES string of the molecule is C/C=C/CCCCCC(=O)NCCN(CC)CC. The van der Waals surface area contributed by atoms with Crippen LogP contribution in [-0.2, 0) is 4.79 Å². The van der Waals surface area contributed by atoms with Crippen LogP contribution >= 0.6 is 0 Å². The molecule has 0 saturated heterocycles. The Kier molecular flexibility index (Phi) is 12.0. The third-order valence-electron chi connectivity index (χ3n) is 3.15. The summed E-state index contributed by atoms with van der Waals surface area (Å²) < 4.78 is 0. The number of amides is 1. The molecule has 0 bridgehead atoms. The average Bonchev–Trinajstić information content (AvgIpc) is 2.39. The molecule has 18 heavy (non-hydrogen) atoms. The molecule has 0 heterocycles. The lowest BCUT2D eigenvalue weighted by molar-refractivity contribution is -0.121. The summed E-state index contributed by atoms with van der Waals surface area (Å²) in [5.41, 5.74) is 0. The number of unbranched alkanes of at least 4 members (excludes halogenated alkanes) is 3. The highest BCUT2D eigenvalue weighted by Crippen LogP contribution is 2.03. The zero-order valence-electron chi connectivity index (χ0n) is 12.4. The molecule has 0 aromatic carbocycles. The quantitative estimate of drug-likeness (QED) is 0.454. The lowest BCUT2D eigenvalue weighted by atomic mass is 10.1. The van der Waals surface area contributed by atoms with E-state index in [2.05, 4.69) is 36.2 Å². The van der Waals surface area contributed by atoms with Crippen molar-refractivity contribution in [3.63, 3.8) is 0 Å². The molecule has 0 radical (unpaired) electrons. The molecular formula is C15H30N2O. The average molecular weight is 254 g/mol. The van der Waals surface area contributed by atoms with E-state index in [0.717, 1.165) is 45.4 Å². The third-order valence-corrected chi connectivity index (χ3v) is 3.15. The van der Waals surface area contributed by atoms with Crippen molar-refractivity contribution in [3.8, 4) is 0 Å². The highest BCUT2D eigenvalue weighted by molar-refractivity contribution is 5.75. The van der Waals surface area contributed by atoms with Crippen LogP contribution in [0.5, 0.6) is 0 Å². The van der Waals surface area contributed by atoms with E-state index < -0.39 is 0 Å². The van der Waals surface area contributed by atoms with Gasteiger partial charge in [-0.15, -0.1) is 0 Å². The van der Waals surface area contributed by atoms with Crippen molar-refractivity contribution in [3.05, 3.63) is 12.2 Å². The van der Waals surface area contributed by atoms with Gasteiger partial charge >= 0.3 is 0 Å². The van der Waals surface area contributed by atoms with Crippen LogP contribution in [0.1, 0.15) is 52.9 Å². The Labute approximate surface area is 113 Å². The number of nitrogens with one attached hydrogen (secondary N) is 1. The molecular weight excluding hydrogens is 224 g/mol. The second kappa shape index (κ2) is 12.6. The lowest BCUT2D eigenvalue weighted by Crippen LogP contribution is -2.34. The summed E-state index contributed by atoms with van der Waals surface area (Å²) in [5, 5.41) is 2.99. The zero-order valence-corrected chi connectivity index (χ0v) is 12.4. The lowest BCUT2D eigenvalue weighted by Gasteiger charge is -2.17. The van der Waals surface area contributed by atoms with Gasteiger partial charge in [0.05, 0.1) is 0 Å². The molecule has 0 aromatic heterocycles. The summed E-state index contributed by atoms with van der Waals surface area (Å²) in [6, 6.07) is 0. The number of hydrogen-bond donors (Lipinski definition) is 1. The van der Waals surface area contributed by atoms with E-state index in [9.17, 15) is 4.79 Å². The molecule has 0 aliphatic carbocycles. The number of rotatable bonds is 11. The van der Waals surface area contributed by atoms with Crippen molar-refractivity contribution in [2.24, 2.45) is 0 Å². The van der Waals surface area contributed by atoms with Gasteiger partial charge in [0.15, 0.2) is 0 Å². The Morgan fingerprint density at radius 3 is 2.50 bits per heavy atom. The van der Waals surface area contributed by atoms with Crippen molar-refractivity contribution in [1.29, 1.82) is 0 Å². The Hall–Kier alpha value is -0.830. The van der Waals surface area contributed by atoms with E-state index in [0.29, 0.717) is 6.42 Å². The smallest absolute Gasteiger partial charge is 0.220 e. The van der Waals surface area contributed by atoms with Gasteiger partial charge in [-0.3, -0.25) is 4.79 Å². The van der Waals surface area contributed by atoms with Crippen LogP contribution in [0.25, 0.3) is 0 Å². The largest absolute Gasteiger partial charge is 0.355 e. The Bertz CT molecular complexity index is 223. The van der Waals surface area contributed by atoms with Crippen molar-refractivity contribution < 1.29 is 4.79 Å². The number of likely N-dealkylation sites (N-methyl/N-ethyl adjacent to an activating group) is 1. The first-order chi connectivity index (χ1) is 8.74. The molecule has 1 amide bonds. The number of hydrogen-bond acceptors (Lipinski definition) is 2. The van der Waals surface area contributed by atoms with Crippen LogP contribution in [0.4, 0.5) is 0 Å². The fraction of sp³-hybridized carbons (Fsp3) is 0.800. The van der Waals surface area contributed by atoms with E-state index in [4.69, 9.17) is 0 Å². The van der Waals surface area contributed by atoms with Gasteiger partial charge in [-0.1, -0.05) is 32.4 Å². The molecule has 0 rings (SSSR count). The monoisotopic (exact) mass is 254 g/mol. The van der Waals surface area contributed by atoms with E-state index >= 15 is 0 Å². The fourth-order valence-electron chi connectivity index (χ4n) is 1.87. The highest BCUT2D eigenvalue weighted by atomic mass is 16.1. The molecule has 0 aromatic rings. The summed E-state index contributed by atoms with van der Waals surface area (Å²) in [6.07, 6.45) is 9.43. The van der Waals surface area contributed by atoms with Crippen molar-refractivity contribution in [2.45, 2.75) is 52.9 Å². The maximum Gasteiger partial charge on any atom is 0.220 e. The van der Waals surface area contributed by atoms with Gasteiger partial charge in [-0.2, -0.15) is 0 Å². The van der Waals surface area contributed by atoms with Crippen LogP contribution in [0.15, 0.2) is 12.2 Å². The van der Waals surface area contributed by atoms with E-state index in [1.807, 2.05) is 6.92 Å². The number of carbonyl (C=O) groups excluding carboxylic acids is 1. The predicted octanol–water partition coefficient (Wildman–Crippen LogP) is 2.97. The minimum Gasteiger partial charge on any atom is -0.355 e. The molecule has 0 aliphatic heterocycles. The maximum absolute atomic E-state index is 11.5. The number of nitrogens with zero attached hydrogens (tertiary/aromatic N) is 1. The van der Waals surface area contributed by atoms with Gasteiger partial charge in [-0.25, -0.2) is 0 Å². The van der Waals surface area contributed by atoms with E-state index in [1.54, 1.807) is 0 Å². The van der Waals surface area contributed by atoms with Gasteiger partial charge in [0, 0.05) is 19.5 Å². The molecule has 0 fully saturated rings. The molecule has 0 aliphatic rings. The fourth-order valence-corrected chi connectivity index (χ4v) is 1.87. The first-order valence-electron chi connectivity index (χ1n) is 7.34. The number of carbonyl (C=O) groups is 1. The summed E-state index contributed by atoms with van der Waals surface area (Å²) in [7, 11) is 0. The molecule has 106 valence electrons. The molecule has 0 atom stereocenters. The Balaban J connectivity index is 3.37. The maximum atomic E-state index is 11.5. The van der Waals surface area contributed by atoms with Crippen molar-refractivity contribution >= 4 is 5.91 Å². The first kappa shape index (κ1) is 17.2. The minimum atomic E-state index is 0.202. The molecule has 1 N–H and O–H groups in total. The van der Waals surface area contributed by atoms with Gasteiger partial charge < -0.3 is 10.2 Å². The second-order valence-corrected chi connectivity index (χ2v) is 4.55. The number of allylic oxidation sites excluding steroid dienone is 2. The Morgan fingerprint density at radius 1 is 1.17 bits per heavy atom. The van der Waals surface area contributed by atoms with E-state index in [1.165, 1.54) is 6.42 Å². The summed E-state index contributed by atoms with van der Waals surface area (Å²) in [5.74, 6) is 0.202. The van der Waals surface area contributed by atoms with Crippen LogP contribution in [0, 0.1) is 0 Å². The standard InChI is InChI=1S/C15H30N2O/c1-4-7-8-9-10-11-12-15(18)16-13-14-17(5-2)6-3/h4,7H,5-6,8-14H2,1-3H3,(H,16,18)/b7-4+. The van der Waals surface area contributed by atoms with Crippen LogP contribution in [0.3, 0.4) is 0 Å². The zero-order chi connectivity index (χ0) is 13.6. The molecule has 0 spiro atoms. The van der Waals surface area contributed by atoms with Crippen LogP contribution in [-0.4, -0.2) is 37.0 Å². The van der Waals surface area contributed by atoms with Gasteiger partial charge in [0.1, 0.15) is 0 Å². The van der Waals surface area contributed by atoms with Crippen molar-refractivity contribution in [1.82, 2.24) is 10.2 Å².